The van der Waals surface area contributed by atoms with Gasteiger partial charge in [0.15, 0.2) is 0 Å². The van der Waals surface area contributed by atoms with Crippen molar-refractivity contribution in [2.24, 2.45) is 23.5 Å². The summed E-state index contributed by atoms with van der Waals surface area (Å²) >= 11 is 0. The Balaban J connectivity index is 2.06. The smallest absolute Gasteiger partial charge is 0.245 e. The van der Waals surface area contributed by atoms with Gasteiger partial charge < -0.3 is 37.0 Å². The monoisotopic (exact) mass is 677 g/mol. The Morgan fingerprint density at radius 2 is 1.46 bits per heavy atom. The first-order chi connectivity index (χ1) is 22.8. The molecule has 0 aromatic heterocycles. The summed E-state index contributed by atoms with van der Waals surface area (Å²) in [5.41, 5.74) is 5.96. The number of likely N-dealkylation sites (N-methyl/N-ethyl adjacent to an activating group) is 1. The van der Waals surface area contributed by atoms with Gasteiger partial charge in [-0.2, -0.15) is 0 Å². The van der Waals surface area contributed by atoms with Crippen molar-refractivity contribution in [3.63, 3.8) is 0 Å². The fraction of sp³-hybridized carbons (Fsp3) is 0.857. The number of nitrogens with zero attached hydrogens (tertiary/aromatic N) is 2. The first kappa shape index (κ1) is 39.7. The largest absolute Gasteiger partial charge is 0.391 e. The molecule has 13 heteroatoms. The molecule has 2 aliphatic carbocycles. The summed E-state index contributed by atoms with van der Waals surface area (Å²) in [5, 5.41) is 21.9. The second-order valence-corrected chi connectivity index (χ2v) is 14.9. The third-order valence-corrected chi connectivity index (χ3v) is 10.6. The van der Waals surface area contributed by atoms with Crippen LogP contribution in [0.3, 0.4) is 0 Å². The first-order valence-electron chi connectivity index (χ1n) is 18.4. The van der Waals surface area contributed by atoms with Crippen molar-refractivity contribution in [3.05, 3.63) is 0 Å². The van der Waals surface area contributed by atoms with Crippen LogP contribution in [0, 0.1) is 17.8 Å². The molecule has 0 aromatic carbocycles. The Bertz CT molecular complexity index is 1090. The Morgan fingerprint density at radius 1 is 0.833 bits per heavy atom. The standard InChI is InChI=1S/C35H63N7O6/c1-7-26-20-42(19-24-13-11-12-14-24)22(4)35(48)41(6)28(17-21(2)3)32(45)40-30(25-15-9-8-10-16-25)34(47)38-27(18-36)31(44)39-29(23(5)43)33(46)37-26/h21-30,43H,7-20,36H2,1-6H3,(H,37,46)(H,38,47)(H,39,44)(H,40,45)/t22?,23?,26-,27?,28?,29?,30?/m1/s1. The first-order valence-corrected chi connectivity index (χ1v) is 18.4. The minimum Gasteiger partial charge on any atom is -0.391 e. The fourth-order valence-corrected chi connectivity index (χ4v) is 7.52. The number of rotatable bonds is 8. The van der Waals surface area contributed by atoms with Gasteiger partial charge in [-0.3, -0.25) is 28.9 Å². The van der Waals surface area contributed by atoms with Crippen molar-refractivity contribution in [3.8, 4) is 0 Å². The van der Waals surface area contributed by atoms with Gasteiger partial charge in [0, 0.05) is 32.7 Å². The minimum absolute atomic E-state index is 0.0903. The molecule has 1 saturated heterocycles. The normalized spacial score (nSPS) is 31.1. The molecule has 1 heterocycles. The molecule has 13 nitrogen and oxygen atoms in total. The molecule has 0 aromatic rings. The van der Waals surface area contributed by atoms with Crippen LogP contribution >= 0.6 is 0 Å². The molecule has 2 saturated carbocycles. The molecule has 3 rings (SSSR count). The number of aliphatic hydroxyl groups excluding tert-OH is 1. The van der Waals surface area contributed by atoms with Gasteiger partial charge in [0.05, 0.1) is 12.1 Å². The highest BCUT2D eigenvalue weighted by Crippen LogP contribution is 2.28. The van der Waals surface area contributed by atoms with Crippen molar-refractivity contribution in [2.45, 2.75) is 148 Å². The maximum Gasteiger partial charge on any atom is 0.245 e. The van der Waals surface area contributed by atoms with Crippen LogP contribution in [-0.2, 0) is 24.0 Å². The second-order valence-electron chi connectivity index (χ2n) is 14.9. The Hall–Kier alpha value is -2.77. The van der Waals surface area contributed by atoms with Crippen molar-refractivity contribution in [2.75, 3.05) is 26.7 Å². The summed E-state index contributed by atoms with van der Waals surface area (Å²) < 4.78 is 0. The average Bonchev–Trinajstić information content (AvgIpc) is 3.58. The zero-order chi connectivity index (χ0) is 35.5. The Morgan fingerprint density at radius 3 is 2.02 bits per heavy atom. The van der Waals surface area contributed by atoms with Crippen LogP contribution in [0.4, 0.5) is 0 Å². The maximum atomic E-state index is 14.3. The molecule has 3 fully saturated rings. The lowest BCUT2D eigenvalue weighted by atomic mass is 9.83. The average molecular weight is 678 g/mol. The van der Waals surface area contributed by atoms with Gasteiger partial charge in [0.2, 0.25) is 29.5 Å². The van der Waals surface area contributed by atoms with Gasteiger partial charge in [0.25, 0.3) is 0 Å². The van der Waals surface area contributed by atoms with E-state index in [1.807, 2.05) is 27.7 Å². The van der Waals surface area contributed by atoms with Crippen LogP contribution in [0.25, 0.3) is 0 Å². The van der Waals surface area contributed by atoms with Crippen LogP contribution < -0.4 is 27.0 Å². The van der Waals surface area contributed by atoms with Crippen LogP contribution in [0.1, 0.15) is 105 Å². The predicted octanol–water partition coefficient (Wildman–Crippen LogP) is 1.02. The predicted molar refractivity (Wildman–Crippen MR) is 184 cm³/mol. The maximum absolute atomic E-state index is 14.3. The van der Waals surface area contributed by atoms with Gasteiger partial charge in [-0.25, -0.2) is 0 Å². The number of nitrogens with two attached hydrogens (primary N) is 1. The Labute approximate surface area is 287 Å². The second kappa shape index (κ2) is 18.8. The summed E-state index contributed by atoms with van der Waals surface area (Å²) in [7, 11) is 1.66. The molecule has 0 spiro atoms. The van der Waals surface area contributed by atoms with Crippen LogP contribution in [0.5, 0.6) is 0 Å². The summed E-state index contributed by atoms with van der Waals surface area (Å²) in [5.74, 6) is -2.05. The molecular weight excluding hydrogens is 614 g/mol. The van der Waals surface area contributed by atoms with E-state index in [4.69, 9.17) is 5.73 Å². The molecule has 5 amide bonds. The molecule has 7 atom stereocenters. The van der Waals surface area contributed by atoms with E-state index in [1.54, 1.807) is 7.05 Å². The highest BCUT2D eigenvalue weighted by atomic mass is 16.3. The van der Waals surface area contributed by atoms with E-state index >= 15 is 0 Å². The molecule has 48 heavy (non-hydrogen) atoms. The van der Waals surface area contributed by atoms with Gasteiger partial charge in [0.1, 0.15) is 24.2 Å². The summed E-state index contributed by atoms with van der Waals surface area (Å²) in [6.45, 7) is 10.0. The van der Waals surface area contributed by atoms with Crippen LogP contribution in [0.2, 0.25) is 0 Å². The zero-order valence-corrected chi connectivity index (χ0v) is 30.1. The minimum atomic E-state index is -1.30. The molecule has 1 aliphatic heterocycles. The van der Waals surface area contributed by atoms with E-state index in [9.17, 15) is 29.1 Å². The molecule has 0 radical (unpaired) electrons. The Kier molecular flexibility index (Phi) is 15.6. The van der Waals surface area contributed by atoms with Crippen molar-refractivity contribution < 1.29 is 29.1 Å². The van der Waals surface area contributed by atoms with Crippen molar-refractivity contribution in [1.29, 1.82) is 0 Å². The van der Waals surface area contributed by atoms with E-state index in [2.05, 4.69) is 26.2 Å². The van der Waals surface area contributed by atoms with E-state index in [1.165, 1.54) is 11.8 Å². The summed E-state index contributed by atoms with van der Waals surface area (Å²) in [6, 6.07) is -5.21. The van der Waals surface area contributed by atoms with Gasteiger partial charge >= 0.3 is 0 Å². The van der Waals surface area contributed by atoms with E-state index in [0.717, 1.165) is 57.8 Å². The molecule has 274 valence electrons. The lowest BCUT2D eigenvalue weighted by Gasteiger charge is -2.39. The summed E-state index contributed by atoms with van der Waals surface area (Å²) in [4.78, 5) is 73.0. The molecule has 7 N–H and O–H groups in total. The van der Waals surface area contributed by atoms with E-state index < -0.39 is 59.9 Å². The third-order valence-electron chi connectivity index (χ3n) is 10.6. The van der Waals surface area contributed by atoms with Crippen molar-refractivity contribution in [1.82, 2.24) is 31.1 Å². The number of amides is 5. The van der Waals surface area contributed by atoms with Crippen molar-refractivity contribution >= 4 is 29.5 Å². The number of carbonyl (C=O) groups excluding carboxylic acids is 5. The van der Waals surface area contributed by atoms with Crippen LogP contribution in [0.15, 0.2) is 0 Å². The molecule has 6 unspecified atom stereocenters. The van der Waals surface area contributed by atoms with E-state index in [-0.39, 0.29) is 30.3 Å². The number of hydrogen-bond donors (Lipinski definition) is 6. The van der Waals surface area contributed by atoms with Gasteiger partial charge in [-0.1, -0.05) is 52.9 Å². The fourth-order valence-electron chi connectivity index (χ4n) is 7.52. The van der Waals surface area contributed by atoms with Gasteiger partial charge in [-0.15, -0.1) is 0 Å². The highest BCUT2D eigenvalue weighted by molar-refractivity contribution is 5.96. The SMILES string of the molecule is CC[C@@H]1CN(CC2CCCC2)C(C)C(=O)N(C)C(CC(C)C)C(=O)NC(C2CCCCC2)C(=O)NC(CN)C(=O)NC(C(C)O)C(=O)N1. The lowest BCUT2D eigenvalue weighted by molar-refractivity contribution is -0.145. The molecule has 3 aliphatic rings. The number of carbonyl (C=O) groups is 5. The molecular formula is C35H63N7O6. The summed E-state index contributed by atoms with van der Waals surface area (Å²) in [6.07, 6.45) is 8.47. The lowest BCUT2D eigenvalue weighted by Crippen LogP contribution is -2.64. The third kappa shape index (κ3) is 10.9. The highest BCUT2D eigenvalue weighted by Gasteiger charge is 2.39. The topological polar surface area (TPSA) is 186 Å². The number of nitrogens with one attached hydrogen (secondary N) is 4. The quantitative estimate of drug-likeness (QED) is 0.220. The zero-order valence-electron chi connectivity index (χ0n) is 30.1. The van der Waals surface area contributed by atoms with Crippen LogP contribution in [-0.4, -0.2) is 113 Å². The van der Waals surface area contributed by atoms with Gasteiger partial charge in [-0.05, 0) is 70.1 Å². The molecule has 0 bridgehead atoms. The van der Waals surface area contributed by atoms with E-state index in [0.29, 0.717) is 31.8 Å². The number of hydrogen-bond acceptors (Lipinski definition) is 8. The number of aliphatic hydroxyl groups is 1.